The zero-order valence-corrected chi connectivity index (χ0v) is 17.6. The second kappa shape index (κ2) is 8.30. The number of sulfonamides is 1. The fourth-order valence-corrected chi connectivity index (χ4v) is 6.14. The summed E-state index contributed by atoms with van der Waals surface area (Å²) in [4.78, 5) is 1.32. The summed E-state index contributed by atoms with van der Waals surface area (Å²) in [5.41, 5.74) is 1.52. The Labute approximate surface area is 165 Å². The van der Waals surface area contributed by atoms with Crippen LogP contribution in [0.5, 0.6) is 0 Å². The largest absolute Gasteiger partial charge is 0.305 e. The van der Waals surface area contributed by atoms with Crippen LogP contribution in [-0.4, -0.2) is 22.0 Å². The molecule has 1 unspecified atom stereocenters. The summed E-state index contributed by atoms with van der Waals surface area (Å²) in [6.45, 7) is 3.07. The minimum absolute atomic E-state index is 0.136. The Morgan fingerprint density at radius 2 is 1.96 bits per heavy atom. The molecule has 7 heteroatoms. The van der Waals surface area contributed by atoms with E-state index in [0.717, 1.165) is 29.1 Å². The third-order valence-corrected chi connectivity index (χ3v) is 7.86. The van der Waals surface area contributed by atoms with Crippen molar-refractivity contribution in [3.63, 3.8) is 0 Å². The van der Waals surface area contributed by atoms with Gasteiger partial charge in [-0.1, -0.05) is 50.3 Å². The number of anilines is 1. The lowest BCUT2D eigenvalue weighted by Crippen LogP contribution is -2.26. The molecule has 0 saturated carbocycles. The number of hydrogen-bond donors (Lipinski definition) is 1. The third kappa shape index (κ3) is 3.79. The highest BCUT2D eigenvalue weighted by Gasteiger charge is 2.35. The van der Waals surface area contributed by atoms with Crippen molar-refractivity contribution in [1.29, 1.82) is 0 Å². The number of nitrogens with zero attached hydrogens (tertiary/aromatic N) is 1. The van der Waals surface area contributed by atoms with Crippen molar-refractivity contribution in [1.82, 2.24) is 5.32 Å². The number of rotatable bonds is 7. The van der Waals surface area contributed by atoms with Crippen molar-refractivity contribution in [2.45, 2.75) is 50.0 Å². The number of benzene rings is 1. The second-order valence-electron chi connectivity index (χ2n) is 6.63. The fourth-order valence-electron chi connectivity index (χ4n) is 3.36. The van der Waals surface area contributed by atoms with Gasteiger partial charge in [0.1, 0.15) is 0 Å². The molecule has 3 rings (SSSR count). The van der Waals surface area contributed by atoms with Crippen molar-refractivity contribution in [2.75, 3.05) is 17.9 Å². The van der Waals surface area contributed by atoms with Gasteiger partial charge < -0.3 is 5.32 Å². The average molecular weight is 413 g/mol. The molecule has 0 spiro atoms. The van der Waals surface area contributed by atoms with Crippen LogP contribution in [0.3, 0.4) is 0 Å². The summed E-state index contributed by atoms with van der Waals surface area (Å²) in [5.74, 6) is 0. The summed E-state index contributed by atoms with van der Waals surface area (Å²) in [6, 6.07) is 6.91. The Morgan fingerprint density at radius 1 is 1.19 bits per heavy atom. The standard InChI is InChI=1S/C19H25ClN2O2S2/c1-3-4-5-6-7-11-21-18-15-9-8-14(20)13-17(15)26(23,24)22(2)16-10-12-25-19(16)18/h8-10,12-13,18,21H,3-7,11H2,1-2H3. The monoisotopic (exact) mass is 412 g/mol. The fraction of sp³-hybridized carbons (Fsp3) is 0.474. The van der Waals surface area contributed by atoms with Crippen molar-refractivity contribution in [3.05, 3.63) is 45.1 Å². The normalized spacial score (nSPS) is 18.3. The van der Waals surface area contributed by atoms with E-state index < -0.39 is 10.0 Å². The molecule has 0 fully saturated rings. The van der Waals surface area contributed by atoms with E-state index in [1.54, 1.807) is 30.5 Å². The van der Waals surface area contributed by atoms with Gasteiger partial charge in [0.05, 0.1) is 21.5 Å². The molecule has 0 aliphatic carbocycles. The predicted octanol–water partition coefficient (Wildman–Crippen LogP) is 5.19. The maximum Gasteiger partial charge on any atom is 0.264 e. The molecule has 4 nitrogen and oxygen atoms in total. The Kier molecular flexibility index (Phi) is 6.28. The second-order valence-corrected chi connectivity index (χ2v) is 9.95. The van der Waals surface area contributed by atoms with Crippen LogP contribution in [0.1, 0.15) is 55.5 Å². The van der Waals surface area contributed by atoms with E-state index >= 15 is 0 Å². The number of thiophene rings is 1. The predicted molar refractivity (Wildman–Crippen MR) is 110 cm³/mol. The minimum Gasteiger partial charge on any atom is -0.305 e. The first-order valence-electron chi connectivity index (χ1n) is 9.06. The molecule has 0 amide bonds. The smallest absolute Gasteiger partial charge is 0.264 e. The summed E-state index contributed by atoms with van der Waals surface area (Å²) >= 11 is 7.70. The third-order valence-electron chi connectivity index (χ3n) is 4.83. The van der Waals surface area contributed by atoms with Gasteiger partial charge in [-0.15, -0.1) is 11.3 Å². The highest BCUT2D eigenvalue weighted by molar-refractivity contribution is 7.92. The summed E-state index contributed by atoms with van der Waals surface area (Å²) in [6.07, 6.45) is 6.02. The molecule has 1 aromatic carbocycles. The summed E-state index contributed by atoms with van der Waals surface area (Å²) in [7, 11) is -2.01. The molecule has 2 heterocycles. The zero-order valence-electron chi connectivity index (χ0n) is 15.2. The van der Waals surface area contributed by atoms with Crippen LogP contribution < -0.4 is 9.62 Å². The molecule has 0 bridgehead atoms. The molecule has 1 N–H and O–H groups in total. The van der Waals surface area contributed by atoms with Crippen LogP contribution in [0.25, 0.3) is 0 Å². The number of nitrogens with one attached hydrogen (secondary N) is 1. The van der Waals surface area contributed by atoms with Crippen molar-refractivity contribution in [2.24, 2.45) is 0 Å². The lowest BCUT2D eigenvalue weighted by Gasteiger charge is -2.19. The van der Waals surface area contributed by atoms with Crippen LogP contribution in [0, 0.1) is 0 Å². The van der Waals surface area contributed by atoms with E-state index in [1.165, 1.54) is 30.0 Å². The lowest BCUT2D eigenvalue weighted by atomic mass is 10.0. The molecule has 1 aliphatic heterocycles. The van der Waals surface area contributed by atoms with Gasteiger partial charge in [-0.2, -0.15) is 0 Å². The van der Waals surface area contributed by atoms with Gasteiger partial charge in [-0.3, -0.25) is 4.31 Å². The van der Waals surface area contributed by atoms with Gasteiger partial charge in [0, 0.05) is 12.1 Å². The Balaban J connectivity index is 1.93. The van der Waals surface area contributed by atoms with Gasteiger partial charge in [0.2, 0.25) is 0 Å². The molecule has 1 aliphatic rings. The molecular weight excluding hydrogens is 388 g/mol. The highest BCUT2D eigenvalue weighted by atomic mass is 35.5. The topological polar surface area (TPSA) is 49.4 Å². The molecule has 0 saturated heterocycles. The Morgan fingerprint density at radius 3 is 2.73 bits per heavy atom. The van der Waals surface area contributed by atoms with Gasteiger partial charge in [-0.25, -0.2) is 8.42 Å². The van der Waals surface area contributed by atoms with E-state index in [9.17, 15) is 8.42 Å². The molecule has 142 valence electrons. The number of hydrogen-bond acceptors (Lipinski definition) is 4. The van der Waals surface area contributed by atoms with Gasteiger partial charge in [-0.05, 0) is 42.1 Å². The van der Waals surface area contributed by atoms with Crippen molar-refractivity contribution in [3.8, 4) is 0 Å². The lowest BCUT2D eigenvalue weighted by molar-refractivity contribution is 0.548. The quantitative estimate of drug-likeness (QED) is 0.636. The van der Waals surface area contributed by atoms with E-state index in [2.05, 4.69) is 12.2 Å². The highest BCUT2D eigenvalue weighted by Crippen LogP contribution is 2.43. The van der Waals surface area contributed by atoms with E-state index in [1.807, 2.05) is 17.5 Å². The average Bonchev–Trinajstić information content (AvgIpc) is 3.08. The van der Waals surface area contributed by atoms with Gasteiger partial charge >= 0.3 is 0 Å². The summed E-state index contributed by atoms with van der Waals surface area (Å²) < 4.78 is 27.5. The van der Waals surface area contributed by atoms with Crippen LogP contribution in [0.15, 0.2) is 34.5 Å². The maximum absolute atomic E-state index is 13.1. The van der Waals surface area contributed by atoms with E-state index in [4.69, 9.17) is 11.6 Å². The van der Waals surface area contributed by atoms with Crippen molar-refractivity contribution < 1.29 is 8.42 Å². The first-order chi connectivity index (χ1) is 12.5. The van der Waals surface area contributed by atoms with Crippen LogP contribution in [0.2, 0.25) is 5.02 Å². The molecule has 26 heavy (non-hydrogen) atoms. The van der Waals surface area contributed by atoms with Crippen LogP contribution in [0.4, 0.5) is 5.69 Å². The van der Waals surface area contributed by atoms with Gasteiger partial charge in [0.25, 0.3) is 10.0 Å². The Bertz CT molecular complexity index is 864. The van der Waals surface area contributed by atoms with Crippen LogP contribution >= 0.6 is 22.9 Å². The first-order valence-corrected chi connectivity index (χ1v) is 11.8. The summed E-state index contributed by atoms with van der Waals surface area (Å²) in [5, 5.41) is 5.98. The molecule has 0 radical (unpaired) electrons. The SMILES string of the molecule is CCCCCCCNC1c2ccc(Cl)cc2S(=O)(=O)N(C)c2ccsc21. The van der Waals surface area contributed by atoms with Gasteiger partial charge in [0.15, 0.2) is 0 Å². The number of halogens is 1. The number of unbranched alkanes of at least 4 members (excludes halogenated alkanes) is 4. The van der Waals surface area contributed by atoms with Crippen LogP contribution in [-0.2, 0) is 10.0 Å². The minimum atomic E-state index is -3.62. The molecule has 1 atom stereocenters. The maximum atomic E-state index is 13.1. The molecule has 2 aromatic rings. The Hall–Kier alpha value is -1.08. The number of fused-ring (bicyclic) bond motifs is 2. The van der Waals surface area contributed by atoms with Crippen molar-refractivity contribution >= 4 is 38.6 Å². The zero-order chi connectivity index (χ0) is 18.7. The van der Waals surface area contributed by atoms with E-state index in [-0.39, 0.29) is 6.04 Å². The first kappa shape index (κ1) is 19.7. The molecule has 1 aromatic heterocycles. The molecular formula is C19H25ClN2O2S2. The van der Waals surface area contributed by atoms with E-state index in [0.29, 0.717) is 9.92 Å².